The van der Waals surface area contributed by atoms with Gasteiger partial charge in [-0.25, -0.2) is 4.79 Å². The van der Waals surface area contributed by atoms with E-state index < -0.39 is 0 Å². The minimum absolute atomic E-state index is 0.0339. The summed E-state index contributed by atoms with van der Waals surface area (Å²) in [6, 6.07) is 7.59. The summed E-state index contributed by atoms with van der Waals surface area (Å²) in [4.78, 5) is 12.7. The highest BCUT2D eigenvalue weighted by atomic mass is 32.2. The van der Waals surface area contributed by atoms with Gasteiger partial charge in [0.2, 0.25) is 0 Å². The first kappa shape index (κ1) is 10.6. The average Bonchev–Trinajstić information content (AvgIpc) is 2.16. The van der Waals surface area contributed by atoms with Crippen molar-refractivity contribution >= 4 is 17.7 Å². The lowest BCUT2D eigenvalue weighted by Crippen LogP contribution is -2.31. The van der Waals surface area contributed by atoms with Gasteiger partial charge in [0, 0.05) is 10.3 Å². The zero-order chi connectivity index (χ0) is 11.1. The smallest absolute Gasteiger partial charge is 0.340 e. The number of ether oxygens (including phenoxy) is 1. The number of fused-ring (bicyclic) bond motifs is 1. The Hall–Kier alpha value is -0.960. The molecule has 0 saturated heterocycles. The molecule has 0 aromatic heterocycles. The van der Waals surface area contributed by atoms with Gasteiger partial charge in [-0.2, -0.15) is 0 Å². The molecule has 2 nitrogen and oxygen atoms in total. The topological polar surface area (TPSA) is 26.3 Å². The molecule has 15 heavy (non-hydrogen) atoms. The number of carbonyl (C=O) groups excluding carboxylic acids is 1. The Morgan fingerprint density at radius 2 is 1.93 bits per heavy atom. The Morgan fingerprint density at radius 1 is 1.27 bits per heavy atom. The fourth-order valence-electron chi connectivity index (χ4n) is 1.39. The van der Waals surface area contributed by atoms with Crippen molar-refractivity contribution in [3.05, 3.63) is 29.8 Å². The van der Waals surface area contributed by atoms with Crippen molar-refractivity contribution in [3.63, 3.8) is 0 Å². The maximum absolute atomic E-state index is 11.7. The largest absolute Gasteiger partial charge is 0.447 e. The number of benzene rings is 1. The van der Waals surface area contributed by atoms with Gasteiger partial charge < -0.3 is 4.74 Å². The minimum atomic E-state index is -0.204. The molecule has 0 saturated carbocycles. The van der Waals surface area contributed by atoms with Crippen molar-refractivity contribution in [2.24, 2.45) is 5.41 Å². The average molecular weight is 222 g/mol. The molecule has 3 heteroatoms. The molecular weight excluding hydrogens is 208 g/mol. The second kappa shape index (κ2) is 3.56. The van der Waals surface area contributed by atoms with Crippen LogP contribution in [-0.2, 0) is 4.74 Å². The van der Waals surface area contributed by atoms with E-state index >= 15 is 0 Å². The summed E-state index contributed by atoms with van der Waals surface area (Å²) in [5.41, 5.74) is 0.552. The number of rotatable bonds is 0. The van der Waals surface area contributed by atoms with Gasteiger partial charge in [-0.05, 0) is 12.1 Å². The van der Waals surface area contributed by atoms with Gasteiger partial charge in [0.15, 0.2) is 5.44 Å². The van der Waals surface area contributed by atoms with Crippen LogP contribution in [0.2, 0.25) is 0 Å². The maximum atomic E-state index is 11.7. The maximum Gasteiger partial charge on any atom is 0.340 e. The molecule has 0 bridgehead atoms. The standard InChI is InChI=1S/C12H14O2S/c1-12(2,3)11-14-10(13)8-6-4-5-7-9(8)15-11/h4-7,11H,1-3H3. The van der Waals surface area contributed by atoms with Crippen LogP contribution in [-0.4, -0.2) is 11.4 Å². The molecule has 1 heterocycles. The second-order valence-electron chi connectivity index (χ2n) is 4.72. The molecule has 0 amide bonds. The Labute approximate surface area is 94.0 Å². The molecule has 1 aliphatic heterocycles. The molecule has 0 aliphatic carbocycles. The molecule has 1 aliphatic rings. The molecule has 1 atom stereocenters. The highest BCUT2D eigenvalue weighted by Gasteiger charge is 2.34. The summed E-state index contributed by atoms with van der Waals surface area (Å²) in [6.45, 7) is 6.23. The van der Waals surface area contributed by atoms with E-state index in [4.69, 9.17) is 4.74 Å². The monoisotopic (exact) mass is 222 g/mol. The Bertz CT molecular complexity index is 393. The molecular formula is C12H14O2S. The van der Waals surface area contributed by atoms with Crippen LogP contribution in [0.5, 0.6) is 0 Å². The Balaban J connectivity index is 2.35. The van der Waals surface area contributed by atoms with Crippen molar-refractivity contribution in [3.8, 4) is 0 Å². The van der Waals surface area contributed by atoms with E-state index in [1.165, 1.54) is 0 Å². The third-order valence-electron chi connectivity index (χ3n) is 2.26. The number of cyclic esters (lactones) is 1. The molecule has 1 aromatic rings. The number of hydrogen-bond acceptors (Lipinski definition) is 3. The zero-order valence-corrected chi connectivity index (χ0v) is 9.93. The highest BCUT2D eigenvalue weighted by Crippen LogP contribution is 2.41. The quantitative estimate of drug-likeness (QED) is 0.630. The first-order chi connectivity index (χ1) is 6.98. The van der Waals surface area contributed by atoms with Crippen LogP contribution in [0.15, 0.2) is 29.2 Å². The molecule has 1 unspecified atom stereocenters. The van der Waals surface area contributed by atoms with Crippen LogP contribution >= 0.6 is 11.8 Å². The van der Waals surface area contributed by atoms with Crippen molar-refractivity contribution in [2.45, 2.75) is 31.1 Å². The van der Waals surface area contributed by atoms with E-state index in [2.05, 4.69) is 20.8 Å². The summed E-state index contributed by atoms with van der Waals surface area (Å²) in [7, 11) is 0. The lowest BCUT2D eigenvalue weighted by atomic mass is 9.98. The minimum Gasteiger partial charge on any atom is -0.447 e. The number of carbonyl (C=O) groups is 1. The van der Waals surface area contributed by atoms with Crippen molar-refractivity contribution in [1.29, 1.82) is 0 Å². The summed E-state index contributed by atoms with van der Waals surface area (Å²) >= 11 is 1.62. The molecule has 0 spiro atoms. The van der Waals surface area contributed by atoms with Gasteiger partial charge in [-0.15, -0.1) is 0 Å². The normalized spacial score (nSPS) is 20.7. The summed E-state index contributed by atoms with van der Waals surface area (Å²) in [5.74, 6) is -0.204. The second-order valence-corrected chi connectivity index (χ2v) is 5.82. The molecule has 0 fully saturated rings. The number of thioether (sulfide) groups is 1. The van der Waals surface area contributed by atoms with Gasteiger partial charge in [0.05, 0.1) is 5.56 Å². The van der Waals surface area contributed by atoms with Crippen LogP contribution in [0.1, 0.15) is 31.1 Å². The zero-order valence-electron chi connectivity index (χ0n) is 9.11. The van der Waals surface area contributed by atoms with Gasteiger partial charge in [0.1, 0.15) is 0 Å². The Kier molecular flexibility index (Phi) is 2.51. The molecule has 80 valence electrons. The van der Waals surface area contributed by atoms with E-state index in [0.717, 1.165) is 4.90 Å². The predicted octanol–water partition coefficient (Wildman–Crippen LogP) is 3.32. The first-order valence-electron chi connectivity index (χ1n) is 4.95. The summed E-state index contributed by atoms with van der Waals surface area (Å²) < 4.78 is 5.40. The predicted molar refractivity (Wildman–Crippen MR) is 61.0 cm³/mol. The molecule has 2 rings (SSSR count). The van der Waals surface area contributed by atoms with Crippen molar-refractivity contribution in [1.82, 2.24) is 0 Å². The van der Waals surface area contributed by atoms with Crippen molar-refractivity contribution in [2.75, 3.05) is 0 Å². The van der Waals surface area contributed by atoms with Gasteiger partial charge in [-0.1, -0.05) is 44.7 Å². The highest BCUT2D eigenvalue weighted by molar-refractivity contribution is 8.00. The van der Waals surface area contributed by atoms with E-state index in [0.29, 0.717) is 5.56 Å². The van der Waals surface area contributed by atoms with E-state index in [9.17, 15) is 4.79 Å². The fraction of sp³-hybridized carbons (Fsp3) is 0.417. The van der Waals surface area contributed by atoms with Crippen LogP contribution < -0.4 is 0 Å². The van der Waals surface area contributed by atoms with Gasteiger partial charge in [0.25, 0.3) is 0 Å². The third-order valence-corrected chi connectivity index (χ3v) is 3.89. The van der Waals surface area contributed by atoms with Crippen LogP contribution in [0.25, 0.3) is 0 Å². The summed E-state index contributed by atoms with van der Waals surface area (Å²) in [5, 5.41) is 0. The van der Waals surface area contributed by atoms with Crippen LogP contribution in [0.4, 0.5) is 0 Å². The van der Waals surface area contributed by atoms with Gasteiger partial charge in [-0.3, -0.25) is 0 Å². The lowest BCUT2D eigenvalue weighted by molar-refractivity contribution is 0.0251. The number of esters is 1. The van der Waals surface area contributed by atoms with Crippen LogP contribution in [0.3, 0.4) is 0 Å². The lowest BCUT2D eigenvalue weighted by Gasteiger charge is -2.33. The van der Waals surface area contributed by atoms with E-state index in [1.54, 1.807) is 11.8 Å². The van der Waals surface area contributed by atoms with E-state index in [1.807, 2.05) is 24.3 Å². The fourth-order valence-corrected chi connectivity index (χ4v) is 2.55. The Morgan fingerprint density at radius 3 is 2.60 bits per heavy atom. The third kappa shape index (κ3) is 2.02. The first-order valence-corrected chi connectivity index (χ1v) is 5.83. The molecule has 0 N–H and O–H groups in total. The molecule has 0 radical (unpaired) electrons. The number of hydrogen-bond donors (Lipinski definition) is 0. The SMILES string of the molecule is CC(C)(C)C1OC(=O)c2ccccc2S1. The van der Waals surface area contributed by atoms with E-state index in [-0.39, 0.29) is 16.8 Å². The van der Waals surface area contributed by atoms with Crippen molar-refractivity contribution < 1.29 is 9.53 Å². The summed E-state index contributed by atoms with van der Waals surface area (Å²) in [6.07, 6.45) is 0. The van der Waals surface area contributed by atoms with Gasteiger partial charge >= 0.3 is 5.97 Å². The van der Waals surface area contributed by atoms with Crippen LogP contribution in [0, 0.1) is 5.41 Å². The molecule has 1 aromatic carbocycles.